The molecule has 1 aliphatic heterocycles. The Balaban J connectivity index is 1.60. The number of halogens is 1. The maximum atomic E-state index is 12.4. The van der Waals surface area contributed by atoms with Crippen LogP contribution in [0.1, 0.15) is 11.1 Å². The fourth-order valence-corrected chi connectivity index (χ4v) is 3.24. The van der Waals surface area contributed by atoms with Gasteiger partial charge in [-0.05, 0) is 49.2 Å². The molecule has 5 heteroatoms. The van der Waals surface area contributed by atoms with E-state index in [4.69, 9.17) is 11.6 Å². The number of amides is 2. The van der Waals surface area contributed by atoms with Gasteiger partial charge in [-0.2, -0.15) is 0 Å². The van der Waals surface area contributed by atoms with E-state index in [1.165, 1.54) is 16.8 Å². The van der Waals surface area contributed by atoms with Crippen LogP contribution >= 0.6 is 11.6 Å². The van der Waals surface area contributed by atoms with Crippen molar-refractivity contribution in [1.29, 1.82) is 0 Å². The maximum Gasteiger partial charge on any atom is 0.322 e. The quantitative estimate of drug-likeness (QED) is 0.881. The first-order valence-corrected chi connectivity index (χ1v) is 8.54. The summed E-state index contributed by atoms with van der Waals surface area (Å²) in [6.45, 7) is 7.29. The van der Waals surface area contributed by atoms with Crippen molar-refractivity contribution in [2.45, 2.75) is 13.8 Å². The summed E-state index contributed by atoms with van der Waals surface area (Å²) in [6, 6.07) is 13.8. The lowest BCUT2D eigenvalue weighted by Gasteiger charge is -2.36. The molecule has 0 bridgehead atoms. The number of hydrogen-bond acceptors (Lipinski definition) is 2. The Morgan fingerprint density at radius 1 is 1.00 bits per heavy atom. The lowest BCUT2D eigenvalue weighted by Crippen LogP contribution is -2.50. The topological polar surface area (TPSA) is 35.6 Å². The number of hydrogen-bond donors (Lipinski definition) is 1. The molecule has 3 rings (SSSR count). The third-order valence-corrected chi connectivity index (χ3v) is 4.58. The largest absolute Gasteiger partial charge is 0.368 e. The van der Waals surface area contributed by atoms with Gasteiger partial charge in [0.05, 0.1) is 10.7 Å². The Kier molecular flexibility index (Phi) is 4.95. The molecule has 1 N–H and O–H groups in total. The lowest BCUT2D eigenvalue weighted by atomic mass is 10.1. The molecular weight excluding hydrogens is 322 g/mol. The van der Waals surface area contributed by atoms with Gasteiger partial charge in [0.1, 0.15) is 0 Å². The molecule has 0 saturated carbocycles. The number of urea groups is 1. The molecular formula is C19H22ClN3O. The summed E-state index contributed by atoms with van der Waals surface area (Å²) >= 11 is 6.10. The van der Waals surface area contributed by atoms with Crippen LogP contribution in [-0.2, 0) is 0 Å². The van der Waals surface area contributed by atoms with Crippen molar-refractivity contribution in [2.75, 3.05) is 36.4 Å². The number of para-hydroxylation sites is 1. The van der Waals surface area contributed by atoms with E-state index >= 15 is 0 Å². The van der Waals surface area contributed by atoms with Crippen LogP contribution in [0, 0.1) is 13.8 Å². The summed E-state index contributed by atoms with van der Waals surface area (Å²) in [5.74, 6) is 0. The standard InChI is InChI=1S/C19H22ClN3O/c1-14-11-15(2)13-16(12-14)22-7-9-23(10-8-22)19(24)21-18-6-4-3-5-17(18)20/h3-6,11-13H,7-10H2,1-2H3,(H,21,24). The molecule has 126 valence electrons. The molecule has 0 aliphatic carbocycles. The number of anilines is 2. The molecule has 0 atom stereocenters. The number of carbonyl (C=O) groups excluding carboxylic acids is 1. The Morgan fingerprint density at radius 2 is 1.62 bits per heavy atom. The minimum atomic E-state index is -0.0943. The predicted octanol–water partition coefficient (Wildman–Crippen LogP) is 4.31. The van der Waals surface area contributed by atoms with Crippen molar-refractivity contribution in [3.05, 3.63) is 58.6 Å². The van der Waals surface area contributed by atoms with Gasteiger partial charge in [-0.25, -0.2) is 4.79 Å². The molecule has 4 nitrogen and oxygen atoms in total. The van der Waals surface area contributed by atoms with E-state index in [1.807, 2.05) is 23.1 Å². The van der Waals surface area contributed by atoms with Crippen LogP contribution in [0.5, 0.6) is 0 Å². The highest BCUT2D eigenvalue weighted by Gasteiger charge is 2.22. The minimum absolute atomic E-state index is 0.0943. The van der Waals surface area contributed by atoms with Crippen LogP contribution in [-0.4, -0.2) is 37.1 Å². The van der Waals surface area contributed by atoms with Crippen LogP contribution in [0.3, 0.4) is 0 Å². The van der Waals surface area contributed by atoms with Crippen LogP contribution < -0.4 is 10.2 Å². The molecule has 0 aromatic heterocycles. The van der Waals surface area contributed by atoms with Gasteiger partial charge < -0.3 is 15.1 Å². The van der Waals surface area contributed by atoms with Gasteiger partial charge in [-0.3, -0.25) is 0 Å². The first-order chi connectivity index (χ1) is 11.5. The smallest absolute Gasteiger partial charge is 0.322 e. The Morgan fingerprint density at radius 3 is 2.25 bits per heavy atom. The SMILES string of the molecule is Cc1cc(C)cc(N2CCN(C(=O)Nc3ccccc3Cl)CC2)c1. The zero-order chi connectivity index (χ0) is 17.1. The van der Waals surface area contributed by atoms with Gasteiger partial charge in [-0.1, -0.05) is 29.8 Å². The van der Waals surface area contributed by atoms with Crippen LogP contribution in [0.4, 0.5) is 16.2 Å². The monoisotopic (exact) mass is 343 g/mol. The first-order valence-electron chi connectivity index (χ1n) is 8.16. The van der Waals surface area contributed by atoms with Crippen molar-refractivity contribution >= 4 is 29.0 Å². The average Bonchev–Trinajstić information content (AvgIpc) is 2.56. The summed E-state index contributed by atoms with van der Waals surface area (Å²) in [5.41, 5.74) is 4.42. The molecule has 1 aliphatic rings. The molecule has 1 fully saturated rings. The molecule has 2 aromatic rings. The minimum Gasteiger partial charge on any atom is -0.368 e. The van der Waals surface area contributed by atoms with Gasteiger partial charge in [-0.15, -0.1) is 0 Å². The normalized spacial score (nSPS) is 14.6. The van der Waals surface area contributed by atoms with E-state index in [2.05, 4.69) is 42.3 Å². The van der Waals surface area contributed by atoms with E-state index in [0.29, 0.717) is 23.8 Å². The van der Waals surface area contributed by atoms with Gasteiger partial charge in [0.15, 0.2) is 0 Å². The fourth-order valence-electron chi connectivity index (χ4n) is 3.06. The fraction of sp³-hybridized carbons (Fsp3) is 0.316. The highest BCUT2D eigenvalue weighted by molar-refractivity contribution is 6.33. The van der Waals surface area contributed by atoms with E-state index < -0.39 is 0 Å². The maximum absolute atomic E-state index is 12.4. The number of nitrogens with one attached hydrogen (secondary N) is 1. The zero-order valence-electron chi connectivity index (χ0n) is 14.1. The molecule has 0 spiro atoms. The summed E-state index contributed by atoms with van der Waals surface area (Å²) in [4.78, 5) is 16.6. The molecule has 2 aromatic carbocycles. The Labute approximate surface area is 148 Å². The second-order valence-corrected chi connectivity index (χ2v) is 6.64. The van der Waals surface area contributed by atoms with Crippen molar-refractivity contribution in [1.82, 2.24) is 4.90 Å². The number of piperazine rings is 1. The number of benzene rings is 2. The van der Waals surface area contributed by atoms with Crippen LogP contribution in [0.2, 0.25) is 5.02 Å². The van der Waals surface area contributed by atoms with Crippen molar-refractivity contribution in [3.63, 3.8) is 0 Å². The number of rotatable bonds is 2. The predicted molar refractivity (Wildman–Crippen MR) is 100 cm³/mol. The number of carbonyl (C=O) groups is 1. The van der Waals surface area contributed by atoms with Gasteiger partial charge in [0.25, 0.3) is 0 Å². The molecule has 0 unspecified atom stereocenters. The third-order valence-electron chi connectivity index (χ3n) is 4.25. The lowest BCUT2D eigenvalue weighted by molar-refractivity contribution is 0.208. The van der Waals surface area contributed by atoms with Crippen molar-refractivity contribution in [2.24, 2.45) is 0 Å². The summed E-state index contributed by atoms with van der Waals surface area (Å²) < 4.78 is 0. The molecule has 0 radical (unpaired) electrons. The Bertz CT molecular complexity index is 719. The van der Waals surface area contributed by atoms with Crippen molar-refractivity contribution in [3.8, 4) is 0 Å². The molecule has 1 saturated heterocycles. The third kappa shape index (κ3) is 3.82. The Hall–Kier alpha value is -2.20. The summed E-state index contributed by atoms with van der Waals surface area (Å²) in [5, 5.41) is 3.44. The van der Waals surface area contributed by atoms with Crippen LogP contribution in [0.25, 0.3) is 0 Å². The highest BCUT2D eigenvalue weighted by atomic mass is 35.5. The molecule has 24 heavy (non-hydrogen) atoms. The zero-order valence-corrected chi connectivity index (χ0v) is 14.8. The van der Waals surface area contributed by atoms with E-state index in [-0.39, 0.29) is 6.03 Å². The van der Waals surface area contributed by atoms with Gasteiger partial charge >= 0.3 is 6.03 Å². The number of aryl methyl sites for hydroxylation is 2. The van der Waals surface area contributed by atoms with E-state index in [1.54, 1.807) is 6.07 Å². The van der Waals surface area contributed by atoms with E-state index in [9.17, 15) is 4.79 Å². The summed E-state index contributed by atoms with van der Waals surface area (Å²) in [7, 11) is 0. The summed E-state index contributed by atoms with van der Waals surface area (Å²) in [6.07, 6.45) is 0. The molecule has 1 heterocycles. The molecule has 2 amide bonds. The van der Waals surface area contributed by atoms with Gasteiger partial charge in [0, 0.05) is 31.9 Å². The second-order valence-electron chi connectivity index (χ2n) is 6.23. The first kappa shape index (κ1) is 16.7. The highest BCUT2D eigenvalue weighted by Crippen LogP contribution is 2.22. The second kappa shape index (κ2) is 7.14. The van der Waals surface area contributed by atoms with Crippen molar-refractivity contribution < 1.29 is 4.79 Å². The van der Waals surface area contributed by atoms with Crippen LogP contribution in [0.15, 0.2) is 42.5 Å². The number of nitrogens with zero attached hydrogens (tertiary/aromatic N) is 2. The van der Waals surface area contributed by atoms with E-state index in [0.717, 1.165) is 13.1 Å². The average molecular weight is 344 g/mol. The van der Waals surface area contributed by atoms with Gasteiger partial charge in [0.2, 0.25) is 0 Å².